The molecule has 2 heterocycles. The van der Waals surface area contributed by atoms with E-state index in [4.69, 9.17) is 5.11 Å². The van der Waals surface area contributed by atoms with Gasteiger partial charge in [-0.15, -0.1) is 0 Å². The smallest absolute Gasteiger partial charge is 0.306 e. The zero-order valence-corrected chi connectivity index (χ0v) is 12.1. The van der Waals surface area contributed by atoms with Gasteiger partial charge in [0.15, 0.2) is 0 Å². The molecule has 2 saturated heterocycles. The summed E-state index contributed by atoms with van der Waals surface area (Å²) in [6, 6.07) is 0.314. The molecule has 1 amide bonds. The van der Waals surface area contributed by atoms with Gasteiger partial charge >= 0.3 is 5.97 Å². The monoisotopic (exact) mass is 286 g/mol. The summed E-state index contributed by atoms with van der Waals surface area (Å²) in [6.45, 7) is 3.51. The number of likely N-dealkylation sites (tertiary alicyclic amines) is 1. The molecule has 2 aliphatic rings. The van der Waals surface area contributed by atoms with Gasteiger partial charge in [0.1, 0.15) is 0 Å². The number of rotatable bonds is 3. The number of thioether (sulfide) groups is 1. The van der Waals surface area contributed by atoms with E-state index in [2.05, 4.69) is 5.32 Å². The predicted molar refractivity (Wildman–Crippen MR) is 75.3 cm³/mol. The van der Waals surface area contributed by atoms with Crippen LogP contribution in [0.2, 0.25) is 0 Å². The third-order valence-electron chi connectivity index (χ3n) is 3.97. The lowest BCUT2D eigenvalue weighted by Crippen LogP contribution is -2.49. The minimum absolute atomic E-state index is 0.0404. The van der Waals surface area contributed by atoms with Crippen LogP contribution in [0.25, 0.3) is 0 Å². The number of carbonyl (C=O) groups excluding carboxylic acids is 1. The van der Waals surface area contributed by atoms with E-state index in [1.165, 1.54) is 0 Å². The second-order valence-corrected chi connectivity index (χ2v) is 6.58. The molecule has 0 spiro atoms. The lowest BCUT2D eigenvalue weighted by molar-refractivity contribution is -0.147. The van der Waals surface area contributed by atoms with E-state index in [9.17, 15) is 9.59 Å². The molecule has 2 aliphatic heterocycles. The van der Waals surface area contributed by atoms with E-state index in [1.807, 2.05) is 23.6 Å². The van der Waals surface area contributed by atoms with Gasteiger partial charge in [-0.2, -0.15) is 11.8 Å². The summed E-state index contributed by atoms with van der Waals surface area (Å²) in [5, 5.41) is 12.4. The molecule has 0 radical (unpaired) electrons. The van der Waals surface area contributed by atoms with Gasteiger partial charge in [-0.1, -0.05) is 0 Å². The molecule has 0 bridgehead atoms. The third-order valence-corrected chi connectivity index (χ3v) is 5.10. The predicted octanol–water partition coefficient (Wildman–Crippen LogP) is 0.793. The maximum Gasteiger partial charge on any atom is 0.306 e. The number of carboxylic acid groups (broad SMARTS) is 1. The van der Waals surface area contributed by atoms with Crippen LogP contribution in [0.3, 0.4) is 0 Å². The van der Waals surface area contributed by atoms with Crippen LogP contribution in [0.5, 0.6) is 0 Å². The number of carboxylic acids is 1. The van der Waals surface area contributed by atoms with Crippen molar-refractivity contribution in [3.8, 4) is 0 Å². The van der Waals surface area contributed by atoms with Gasteiger partial charge < -0.3 is 15.3 Å². The van der Waals surface area contributed by atoms with E-state index in [1.54, 1.807) is 0 Å². The van der Waals surface area contributed by atoms with Gasteiger partial charge in [0, 0.05) is 43.1 Å². The lowest BCUT2D eigenvalue weighted by atomic mass is 9.91. The Hall–Kier alpha value is -0.750. The first-order valence-electron chi connectivity index (χ1n) is 6.91. The number of nitrogens with one attached hydrogen (secondary N) is 1. The Kier molecular flexibility index (Phi) is 5.10. The average Bonchev–Trinajstić information content (AvgIpc) is 2.39. The van der Waals surface area contributed by atoms with Crippen LogP contribution in [0.4, 0.5) is 0 Å². The standard InChI is InChI=1S/C13H22N2O3S/c1-9-6-10(13(17)18)2-4-15(9)12(16)7-11-8-19-5-3-14-11/h9-11,14H,2-8H2,1H3,(H,17,18). The summed E-state index contributed by atoms with van der Waals surface area (Å²) in [7, 11) is 0. The molecule has 0 aromatic carbocycles. The van der Waals surface area contributed by atoms with Gasteiger partial charge in [0.2, 0.25) is 5.91 Å². The van der Waals surface area contributed by atoms with E-state index in [0.29, 0.717) is 25.8 Å². The zero-order valence-electron chi connectivity index (χ0n) is 11.3. The second kappa shape index (κ2) is 6.61. The minimum Gasteiger partial charge on any atom is -0.481 e. The van der Waals surface area contributed by atoms with Crippen LogP contribution >= 0.6 is 11.8 Å². The van der Waals surface area contributed by atoms with E-state index in [0.717, 1.165) is 18.1 Å². The van der Waals surface area contributed by atoms with Gasteiger partial charge in [-0.3, -0.25) is 9.59 Å². The Balaban J connectivity index is 1.84. The van der Waals surface area contributed by atoms with Crippen LogP contribution in [0.1, 0.15) is 26.2 Å². The minimum atomic E-state index is -0.732. The van der Waals surface area contributed by atoms with Crippen molar-refractivity contribution in [2.45, 2.75) is 38.3 Å². The molecule has 3 atom stereocenters. The first-order valence-corrected chi connectivity index (χ1v) is 8.06. The summed E-state index contributed by atoms with van der Waals surface area (Å²) in [5.41, 5.74) is 0. The molecule has 19 heavy (non-hydrogen) atoms. The SMILES string of the molecule is CC1CC(C(=O)O)CCN1C(=O)CC1CSCCN1. The number of piperidine rings is 1. The van der Waals surface area contributed by atoms with Crippen LogP contribution < -0.4 is 5.32 Å². The highest BCUT2D eigenvalue weighted by atomic mass is 32.2. The molecule has 3 unspecified atom stereocenters. The van der Waals surface area contributed by atoms with Crippen LogP contribution in [-0.4, -0.2) is 58.6 Å². The van der Waals surface area contributed by atoms with Crippen LogP contribution in [0, 0.1) is 5.92 Å². The molecule has 0 aromatic rings. The van der Waals surface area contributed by atoms with Crippen LogP contribution in [-0.2, 0) is 9.59 Å². The number of aliphatic carboxylic acids is 1. The summed E-state index contributed by atoms with van der Waals surface area (Å²) in [5.74, 6) is 1.25. The number of hydrogen-bond acceptors (Lipinski definition) is 4. The van der Waals surface area contributed by atoms with Crippen molar-refractivity contribution in [3.05, 3.63) is 0 Å². The highest BCUT2D eigenvalue weighted by Crippen LogP contribution is 2.24. The Labute approximate surface area is 118 Å². The molecule has 2 N–H and O–H groups in total. The molecular weight excluding hydrogens is 264 g/mol. The van der Waals surface area contributed by atoms with Crippen molar-refractivity contribution in [1.29, 1.82) is 0 Å². The molecule has 0 aliphatic carbocycles. The van der Waals surface area contributed by atoms with Crippen molar-refractivity contribution >= 4 is 23.6 Å². The Bertz CT molecular complexity index is 345. The molecule has 6 heteroatoms. The maximum atomic E-state index is 12.3. The van der Waals surface area contributed by atoms with Crippen molar-refractivity contribution in [3.63, 3.8) is 0 Å². The summed E-state index contributed by atoms with van der Waals surface area (Å²) in [6.07, 6.45) is 1.70. The van der Waals surface area contributed by atoms with Crippen molar-refractivity contribution in [1.82, 2.24) is 10.2 Å². The molecule has 0 saturated carbocycles. The normalized spacial score (nSPS) is 32.1. The summed E-state index contributed by atoms with van der Waals surface area (Å²) >= 11 is 1.89. The van der Waals surface area contributed by atoms with Crippen molar-refractivity contribution in [2.75, 3.05) is 24.6 Å². The number of hydrogen-bond donors (Lipinski definition) is 2. The molecule has 0 aromatic heterocycles. The molecule has 108 valence electrons. The Morgan fingerprint density at radius 2 is 2.26 bits per heavy atom. The highest BCUT2D eigenvalue weighted by molar-refractivity contribution is 7.99. The first kappa shape index (κ1) is 14.7. The fraction of sp³-hybridized carbons (Fsp3) is 0.846. The first-order chi connectivity index (χ1) is 9.08. The van der Waals surface area contributed by atoms with E-state index < -0.39 is 5.97 Å². The van der Waals surface area contributed by atoms with Gasteiger partial charge in [0.05, 0.1) is 5.92 Å². The second-order valence-electron chi connectivity index (χ2n) is 5.43. The van der Waals surface area contributed by atoms with Crippen molar-refractivity contribution in [2.24, 2.45) is 5.92 Å². The number of nitrogens with zero attached hydrogens (tertiary/aromatic N) is 1. The Morgan fingerprint density at radius 3 is 2.84 bits per heavy atom. The van der Waals surface area contributed by atoms with E-state index in [-0.39, 0.29) is 23.9 Å². The number of carbonyl (C=O) groups is 2. The molecular formula is C13H22N2O3S. The summed E-state index contributed by atoms with van der Waals surface area (Å²) < 4.78 is 0. The largest absolute Gasteiger partial charge is 0.481 e. The average molecular weight is 286 g/mol. The maximum absolute atomic E-state index is 12.3. The lowest BCUT2D eigenvalue weighted by Gasteiger charge is -2.37. The van der Waals surface area contributed by atoms with Crippen molar-refractivity contribution < 1.29 is 14.7 Å². The molecule has 5 nitrogen and oxygen atoms in total. The van der Waals surface area contributed by atoms with E-state index >= 15 is 0 Å². The highest BCUT2D eigenvalue weighted by Gasteiger charge is 2.32. The molecule has 2 fully saturated rings. The number of amides is 1. The fourth-order valence-corrected chi connectivity index (χ4v) is 3.79. The summed E-state index contributed by atoms with van der Waals surface area (Å²) in [4.78, 5) is 25.1. The Morgan fingerprint density at radius 1 is 1.47 bits per heavy atom. The van der Waals surface area contributed by atoms with Gasteiger partial charge in [0.25, 0.3) is 0 Å². The molecule has 2 rings (SSSR count). The van der Waals surface area contributed by atoms with Gasteiger partial charge in [-0.05, 0) is 19.8 Å². The van der Waals surface area contributed by atoms with Gasteiger partial charge in [-0.25, -0.2) is 0 Å². The topological polar surface area (TPSA) is 69.6 Å². The third kappa shape index (κ3) is 3.86. The van der Waals surface area contributed by atoms with Crippen LogP contribution in [0.15, 0.2) is 0 Å². The quantitative estimate of drug-likeness (QED) is 0.803. The zero-order chi connectivity index (χ0) is 13.8. The fourth-order valence-electron chi connectivity index (χ4n) is 2.85.